The molecule has 0 spiro atoms. The molecule has 0 aliphatic carbocycles. The molecule has 0 unspecified atom stereocenters. The fourth-order valence-electron chi connectivity index (χ4n) is 1.56. The van der Waals surface area contributed by atoms with Crippen molar-refractivity contribution in [2.75, 3.05) is 13.2 Å². The Kier molecular flexibility index (Phi) is 5.81. The first-order valence-electron chi connectivity index (χ1n) is 5.96. The summed E-state index contributed by atoms with van der Waals surface area (Å²) in [7, 11) is 0. The van der Waals surface area contributed by atoms with Crippen molar-refractivity contribution < 1.29 is 24.5 Å². The van der Waals surface area contributed by atoms with Crippen LogP contribution in [0.1, 0.15) is 23.7 Å². The van der Waals surface area contributed by atoms with Crippen LogP contribution in [0.3, 0.4) is 0 Å². The lowest BCUT2D eigenvalue weighted by Gasteiger charge is -2.15. The summed E-state index contributed by atoms with van der Waals surface area (Å²) in [5.41, 5.74) is 0.272. The highest BCUT2D eigenvalue weighted by molar-refractivity contribution is 5.98. The van der Waals surface area contributed by atoms with Crippen molar-refractivity contribution in [2.24, 2.45) is 0 Å². The molecular weight excluding hydrogens is 250 g/mol. The Hall–Kier alpha value is -2.08. The number of amides is 1. The maximum atomic E-state index is 12.0. The number of nitrogens with one attached hydrogen (secondary N) is 1. The largest absolute Gasteiger partial charge is 0.493 e. The highest BCUT2D eigenvalue weighted by Gasteiger charge is 2.21. The van der Waals surface area contributed by atoms with Gasteiger partial charge < -0.3 is 20.3 Å². The smallest absolute Gasteiger partial charge is 0.326 e. The normalized spacial score (nSPS) is 11.7. The first-order chi connectivity index (χ1) is 9.10. The maximum Gasteiger partial charge on any atom is 0.326 e. The topological polar surface area (TPSA) is 95.9 Å². The predicted octanol–water partition coefficient (Wildman–Crippen LogP) is 0.651. The van der Waals surface area contributed by atoms with Gasteiger partial charge >= 0.3 is 5.97 Å². The number of ether oxygens (including phenoxy) is 1. The molecule has 0 aliphatic rings. The molecule has 1 atom stereocenters. The quantitative estimate of drug-likeness (QED) is 0.674. The van der Waals surface area contributed by atoms with Gasteiger partial charge in [0.1, 0.15) is 11.8 Å². The number of benzene rings is 1. The van der Waals surface area contributed by atoms with Gasteiger partial charge in [-0.1, -0.05) is 12.1 Å². The van der Waals surface area contributed by atoms with Crippen molar-refractivity contribution in [3.63, 3.8) is 0 Å². The minimum Gasteiger partial charge on any atom is -0.493 e. The van der Waals surface area contributed by atoms with Gasteiger partial charge in [0.25, 0.3) is 5.91 Å². The van der Waals surface area contributed by atoms with Gasteiger partial charge in [-0.2, -0.15) is 0 Å². The standard InChI is InChI=1S/C13H17NO5/c1-2-19-11-6-4-3-5-9(11)12(16)14-10(7-8-15)13(17)18/h3-6,10,15H,2,7-8H2,1H3,(H,14,16)(H,17,18)/t10-/m1/s1. The van der Waals surface area contributed by atoms with Crippen LogP contribution in [0.25, 0.3) is 0 Å². The average molecular weight is 267 g/mol. The van der Waals surface area contributed by atoms with E-state index in [0.29, 0.717) is 12.4 Å². The number of hydrogen-bond acceptors (Lipinski definition) is 4. The zero-order chi connectivity index (χ0) is 14.3. The van der Waals surface area contributed by atoms with Crippen molar-refractivity contribution in [3.05, 3.63) is 29.8 Å². The van der Waals surface area contributed by atoms with E-state index in [-0.39, 0.29) is 18.6 Å². The maximum absolute atomic E-state index is 12.0. The summed E-state index contributed by atoms with van der Waals surface area (Å²) in [6.07, 6.45) is -0.0438. The van der Waals surface area contributed by atoms with E-state index in [2.05, 4.69) is 5.32 Å². The molecule has 0 aliphatic heterocycles. The summed E-state index contributed by atoms with van der Waals surface area (Å²) < 4.78 is 5.30. The van der Waals surface area contributed by atoms with E-state index >= 15 is 0 Å². The fraction of sp³-hybridized carbons (Fsp3) is 0.385. The first kappa shape index (κ1) is 15.0. The Balaban J connectivity index is 2.84. The number of carboxylic acid groups (broad SMARTS) is 1. The second-order valence-corrected chi connectivity index (χ2v) is 3.81. The third-order valence-corrected chi connectivity index (χ3v) is 2.45. The summed E-state index contributed by atoms with van der Waals surface area (Å²) in [6, 6.07) is 5.47. The van der Waals surface area contributed by atoms with Crippen molar-refractivity contribution in [3.8, 4) is 5.75 Å². The van der Waals surface area contributed by atoms with E-state index in [1.54, 1.807) is 31.2 Å². The first-order valence-corrected chi connectivity index (χ1v) is 5.96. The Labute approximate surface area is 111 Å². The van der Waals surface area contributed by atoms with Gasteiger partial charge in [0.05, 0.1) is 12.2 Å². The number of hydrogen-bond donors (Lipinski definition) is 3. The molecule has 3 N–H and O–H groups in total. The molecule has 0 heterocycles. The molecule has 6 heteroatoms. The molecule has 0 radical (unpaired) electrons. The Morgan fingerprint density at radius 3 is 2.63 bits per heavy atom. The number of aliphatic carboxylic acids is 1. The summed E-state index contributed by atoms with van der Waals surface area (Å²) in [5, 5.41) is 20.0. The van der Waals surface area contributed by atoms with Gasteiger partial charge in [-0.25, -0.2) is 4.79 Å². The van der Waals surface area contributed by atoms with Crippen molar-refractivity contribution in [1.29, 1.82) is 0 Å². The Morgan fingerprint density at radius 2 is 2.05 bits per heavy atom. The third kappa shape index (κ3) is 4.26. The molecule has 0 saturated carbocycles. The summed E-state index contributed by atoms with van der Waals surface area (Å²) in [6.45, 7) is 1.88. The summed E-state index contributed by atoms with van der Waals surface area (Å²) in [5.74, 6) is -1.32. The summed E-state index contributed by atoms with van der Waals surface area (Å²) >= 11 is 0. The van der Waals surface area contributed by atoms with Crippen LogP contribution in [-0.4, -0.2) is 41.3 Å². The predicted molar refractivity (Wildman–Crippen MR) is 68.2 cm³/mol. The molecule has 1 amide bonds. The minimum absolute atomic E-state index is 0.0438. The van der Waals surface area contributed by atoms with Crippen molar-refractivity contribution >= 4 is 11.9 Å². The molecule has 0 fully saturated rings. The molecule has 104 valence electrons. The Bertz CT molecular complexity index is 446. The van der Waals surface area contributed by atoms with Crippen LogP contribution < -0.4 is 10.1 Å². The van der Waals surface area contributed by atoms with E-state index in [1.165, 1.54) is 0 Å². The zero-order valence-corrected chi connectivity index (χ0v) is 10.6. The molecular formula is C13H17NO5. The lowest BCUT2D eigenvalue weighted by molar-refractivity contribution is -0.139. The van der Waals surface area contributed by atoms with Crippen LogP contribution in [0.4, 0.5) is 0 Å². The number of carbonyl (C=O) groups excluding carboxylic acids is 1. The van der Waals surface area contributed by atoms with Crippen LogP contribution in [-0.2, 0) is 4.79 Å². The van der Waals surface area contributed by atoms with E-state index < -0.39 is 17.9 Å². The molecule has 0 aromatic heterocycles. The molecule has 6 nitrogen and oxygen atoms in total. The Morgan fingerprint density at radius 1 is 1.37 bits per heavy atom. The van der Waals surface area contributed by atoms with E-state index in [4.69, 9.17) is 14.9 Å². The highest BCUT2D eigenvalue weighted by Crippen LogP contribution is 2.17. The van der Waals surface area contributed by atoms with Crippen LogP contribution in [0, 0.1) is 0 Å². The summed E-state index contributed by atoms with van der Waals surface area (Å²) in [4.78, 5) is 22.9. The van der Waals surface area contributed by atoms with Crippen LogP contribution in [0.2, 0.25) is 0 Å². The second kappa shape index (κ2) is 7.38. The number of carboxylic acids is 1. The van der Waals surface area contributed by atoms with Gasteiger partial charge in [0.2, 0.25) is 0 Å². The molecule has 1 rings (SSSR count). The van der Waals surface area contributed by atoms with Gasteiger partial charge in [0, 0.05) is 13.0 Å². The van der Waals surface area contributed by atoms with E-state index in [1.807, 2.05) is 0 Å². The van der Waals surface area contributed by atoms with E-state index in [0.717, 1.165) is 0 Å². The fourth-order valence-corrected chi connectivity index (χ4v) is 1.56. The van der Waals surface area contributed by atoms with Crippen molar-refractivity contribution in [2.45, 2.75) is 19.4 Å². The van der Waals surface area contributed by atoms with E-state index in [9.17, 15) is 9.59 Å². The second-order valence-electron chi connectivity index (χ2n) is 3.81. The zero-order valence-electron chi connectivity index (χ0n) is 10.6. The third-order valence-electron chi connectivity index (χ3n) is 2.45. The van der Waals surface area contributed by atoms with Gasteiger partial charge in [-0.15, -0.1) is 0 Å². The molecule has 1 aromatic carbocycles. The number of aliphatic hydroxyl groups is 1. The monoisotopic (exact) mass is 267 g/mol. The van der Waals surface area contributed by atoms with Gasteiger partial charge in [0.15, 0.2) is 0 Å². The SMILES string of the molecule is CCOc1ccccc1C(=O)N[C@H](CCO)C(=O)O. The van der Waals surface area contributed by atoms with Crippen molar-refractivity contribution in [1.82, 2.24) is 5.32 Å². The van der Waals surface area contributed by atoms with Gasteiger partial charge in [-0.05, 0) is 19.1 Å². The van der Waals surface area contributed by atoms with Crippen LogP contribution in [0.15, 0.2) is 24.3 Å². The van der Waals surface area contributed by atoms with Crippen LogP contribution in [0.5, 0.6) is 5.75 Å². The number of rotatable bonds is 7. The van der Waals surface area contributed by atoms with Crippen LogP contribution >= 0.6 is 0 Å². The molecule has 1 aromatic rings. The molecule has 0 bridgehead atoms. The molecule has 0 saturated heterocycles. The lowest BCUT2D eigenvalue weighted by Crippen LogP contribution is -2.41. The van der Waals surface area contributed by atoms with Gasteiger partial charge in [-0.3, -0.25) is 4.79 Å². The lowest BCUT2D eigenvalue weighted by atomic mass is 10.1. The highest BCUT2D eigenvalue weighted by atomic mass is 16.5. The number of para-hydroxylation sites is 1. The average Bonchev–Trinajstić information content (AvgIpc) is 2.39. The number of carbonyl (C=O) groups is 2. The molecule has 19 heavy (non-hydrogen) atoms. The number of aliphatic hydroxyl groups excluding tert-OH is 1. The minimum atomic E-state index is -1.18.